The second kappa shape index (κ2) is 6.06. The maximum atomic E-state index is 13.2. The fourth-order valence-electron chi connectivity index (χ4n) is 2.08. The van der Waals surface area contributed by atoms with Crippen molar-refractivity contribution in [2.24, 2.45) is 0 Å². The Morgan fingerprint density at radius 1 is 1.20 bits per heavy atom. The Morgan fingerprint density at radius 2 is 1.85 bits per heavy atom. The summed E-state index contributed by atoms with van der Waals surface area (Å²) in [7, 11) is 0. The van der Waals surface area contributed by atoms with E-state index in [1.165, 1.54) is 18.2 Å². The van der Waals surface area contributed by atoms with E-state index in [0.717, 1.165) is 17.4 Å². The van der Waals surface area contributed by atoms with Gasteiger partial charge in [-0.25, -0.2) is 4.39 Å². The number of aldehydes is 1. The molecule has 20 heavy (non-hydrogen) atoms. The van der Waals surface area contributed by atoms with E-state index in [0.29, 0.717) is 21.9 Å². The monoisotopic (exact) mass is 292 g/mol. The van der Waals surface area contributed by atoms with Crippen molar-refractivity contribution >= 4 is 17.9 Å². The zero-order chi connectivity index (χ0) is 14.7. The van der Waals surface area contributed by atoms with Gasteiger partial charge in [0.25, 0.3) is 0 Å². The fraction of sp³-hybridized carbons (Fsp3) is 0.188. The van der Waals surface area contributed by atoms with Crippen LogP contribution in [0.2, 0.25) is 5.02 Å². The van der Waals surface area contributed by atoms with E-state index in [2.05, 4.69) is 0 Å². The first kappa shape index (κ1) is 14.5. The summed E-state index contributed by atoms with van der Waals surface area (Å²) in [5.74, 6) is 0.341. The number of halogens is 2. The molecule has 0 saturated carbocycles. The average Bonchev–Trinajstić information content (AvgIpc) is 2.41. The SMILES string of the molecule is Cc1cc(C=O)cc(C)c1OCc1cc(F)ccc1Cl. The Labute approximate surface area is 122 Å². The van der Waals surface area contributed by atoms with Crippen molar-refractivity contribution in [3.63, 3.8) is 0 Å². The molecule has 0 atom stereocenters. The molecule has 2 rings (SSSR count). The topological polar surface area (TPSA) is 26.3 Å². The summed E-state index contributed by atoms with van der Waals surface area (Å²) in [5.41, 5.74) is 2.92. The standard InChI is InChI=1S/C16H14ClFO2/c1-10-5-12(8-19)6-11(2)16(10)20-9-13-7-14(18)3-4-15(13)17/h3-8H,9H2,1-2H3. The molecule has 104 valence electrons. The first-order valence-corrected chi connectivity index (χ1v) is 6.52. The lowest BCUT2D eigenvalue weighted by molar-refractivity contribution is 0.112. The third-order valence-electron chi connectivity index (χ3n) is 3.00. The van der Waals surface area contributed by atoms with Crippen LogP contribution in [0.15, 0.2) is 30.3 Å². The number of benzene rings is 2. The molecular formula is C16H14ClFO2. The van der Waals surface area contributed by atoms with Gasteiger partial charge < -0.3 is 4.74 Å². The summed E-state index contributed by atoms with van der Waals surface area (Å²) in [6.07, 6.45) is 0.799. The molecule has 0 heterocycles. The molecule has 0 N–H and O–H groups in total. The first-order valence-electron chi connectivity index (χ1n) is 6.14. The zero-order valence-corrected chi connectivity index (χ0v) is 12.0. The third kappa shape index (κ3) is 3.17. The molecule has 0 aliphatic heterocycles. The van der Waals surface area contributed by atoms with Crippen LogP contribution in [0.1, 0.15) is 27.0 Å². The van der Waals surface area contributed by atoms with Crippen molar-refractivity contribution in [3.05, 3.63) is 63.4 Å². The van der Waals surface area contributed by atoms with E-state index in [-0.39, 0.29) is 12.4 Å². The molecule has 0 aromatic heterocycles. The van der Waals surface area contributed by atoms with Gasteiger partial charge in [-0.15, -0.1) is 0 Å². The maximum absolute atomic E-state index is 13.2. The van der Waals surface area contributed by atoms with E-state index in [9.17, 15) is 9.18 Å². The second-order valence-corrected chi connectivity index (χ2v) is 5.03. The van der Waals surface area contributed by atoms with Crippen LogP contribution in [0.4, 0.5) is 4.39 Å². The smallest absolute Gasteiger partial charge is 0.150 e. The lowest BCUT2D eigenvalue weighted by Crippen LogP contribution is -2.01. The van der Waals surface area contributed by atoms with Gasteiger partial charge >= 0.3 is 0 Å². The van der Waals surface area contributed by atoms with Crippen LogP contribution >= 0.6 is 11.6 Å². The highest BCUT2D eigenvalue weighted by atomic mass is 35.5. The van der Waals surface area contributed by atoms with Crippen LogP contribution in [-0.4, -0.2) is 6.29 Å². The van der Waals surface area contributed by atoms with Gasteiger partial charge in [-0.2, -0.15) is 0 Å². The minimum atomic E-state index is -0.349. The van der Waals surface area contributed by atoms with E-state index in [1.54, 1.807) is 12.1 Å². The lowest BCUT2D eigenvalue weighted by atomic mass is 10.1. The van der Waals surface area contributed by atoms with Gasteiger partial charge in [0.05, 0.1) is 0 Å². The van der Waals surface area contributed by atoms with Gasteiger partial charge in [0.2, 0.25) is 0 Å². The van der Waals surface area contributed by atoms with Gasteiger partial charge in [-0.1, -0.05) is 11.6 Å². The van der Waals surface area contributed by atoms with E-state index < -0.39 is 0 Å². The Kier molecular flexibility index (Phi) is 4.40. The van der Waals surface area contributed by atoms with Gasteiger partial charge in [0.15, 0.2) is 0 Å². The highest BCUT2D eigenvalue weighted by Crippen LogP contribution is 2.26. The summed E-state index contributed by atoms with van der Waals surface area (Å²) in [5, 5.41) is 0.464. The number of aryl methyl sites for hydroxylation is 2. The van der Waals surface area contributed by atoms with Gasteiger partial charge in [-0.3, -0.25) is 4.79 Å². The largest absolute Gasteiger partial charge is 0.488 e. The molecule has 0 unspecified atom stereocenters. The summed E-state index contributed by atoms with van der Waals surface area (Å²) >= 11 is 6.00. The molecule has 2 aromatic carbocycles. The van der Waals surface area contributed by atoms with Crippen LogP contribution in [0.25, 0.3) is 0 Å². The molecule has 0 aliphatic carbocycles. The molecule has 0 radical (unpaired) electrons. The lowest BCUT2D eigenvalue weighted by Gasteiger charge is -2.13. The van der Waals surface area contributed by atoms with Crippen molar-refractivity contribution in [1.29, 1.82) is 0 Å². The van der Waals surface area contributed by atoms with E-state index >= 15 is 0 Å². The van der Waals surface area contributed by atoms with E-state index in [4.69, 9.17) is 16.3 Å². The number of ether oxygens (including phenoxy) is 1. The molecule has 0 saturated heterocycles. The fourth-order valence-corrected chi connectivity index (χ4v) is 2.26. The predicted octanol–water partition coefficient (Wildman–Crippen LogP) is 4.49. The minimum Gasteiger partial charge on any atom is -0.488 e. The molecule has 0 spiro atoms. The van der Waals surface area contributed by atoms with E-state index in [1.807, 2.05) is 13.8 Å². The van der Waals surface area contributed by atoms with Crippen molar-refractivity contribution in [1.82, 2.24) is 0 Å². The van der Waals surface area contributed by atoms with Crippen LogP contribution in [0, 0.1) is 19.7 Å². The quantitative estimate of drug-likeness (QED) is 0.776. The van der Waals surface area contributed by atoms with Gasteiger partial charge in [-0.05, 0) is 55.3 Å². The molecule has 0 bridgehead atoms. The van der Waals surface area contributed by atoms with Gasteiger partial charge in [0.1, 0.15) is 24.5 Å². The van der Waals surface area contributed by atoms with Crippen molar-refractivity contribution in [2.45, 2.75) is 20.5 Å². The maximum Gasteiger partial charge on any atom is 0.150 e. The molecular weight excluding hydrogens is 279 g/mol. The number of hydrogen-bond acceptors (Lipinski definition) is 2. The number of rotatable bonds is 4. The average molecular weight is 293 g/mol. The third-order valence-corrected chi connectivity index (χ3v) is 3.37. The summed E-state index contributed by atoms with van der Waals surface area (Å²) < 4.78 is 18.9. The summed E-state index contributed by atoms with van der Waals surface area (Å²) in [6.45, 7) is 3.91. The Balaban J connectivity index is 2.23. The van der Waals surface area contributed by atoms with Gasteiger partial charge in [0, 0.05) is 16.1 Å². The van der Waals surface area contributed by atoms with Crippen LogP contribution in [-0.2, 0) is 6.61 Å². The van der Waals surface area contributed by atoms with Crippen LogP contribution in [0.3, 0.4) is 0 Å². The Hall–Kier alpha value is -1.87. The van der Waals surface area contributed by atoms with Crippen molar-refractivity contribution < 1.29 is 13.9 Å². The molecule has 0 aliphatic rings. The van der Waals surface area contributed by atoms with Crippen molar-refractivity contribution in [2.75, 3.05) is 0 Å². The predicted molar refractivity (Wildman–Crippen MR) is 77.0 cm³/mol. The highest BCUT2D eigenvalue weighted by Gasteiger charge is 2.08. The first-order chi connectivity index (χ1) is 9.51. The molecule has 0 amide bonds. The minimum absolute atomic E-state index is 0.179. The van der Waals surface area contributed by atoms with Crippen molar-refractivity contribution in [3.8, 4) is 5.75 Å². The Morgan fingerprint density at radius 3 is 2.45 bits per heavy atom. The molecule has 0 fully saturated rings. The van der Waals surface area contributed by atoms with Crippen LogP contribution in [0.5, 0.6) is 5.75 Å². The normalized spacial score (nSPS) is 10.4. The number of hydrogen-bond donors (Lipinski definition) is 0. The highest BCUT2D eigenvalue weighted by molar-refractivity contribution is 6.31. The zero-order valence-electron chi connectivity index (χ0n) is 11.2. The molecule has 2 nitrogen and oxygen atoms in total. The summed E-state index contributed by atoms with van der Waals surface area (Å²) in [4.78, 5) is 10.8. The molecule has 4 heteroatoms. The Bertz CT molecular complexity index is 630. The molecule has 2 aromatic rings. The number of carbonyl (C=O) groups is 1. The summed E-state index contributed by atoms with van der Waals surface area (Å²) in [6, 6.07) is 7.67. The second-order valence-electron chi connectivity index (χ2n) is 4.63. The van der Waals surface area contributed by atoms with Crippen LogP contribution < -0.4 is 4.74 Å². The number of carbonyl (C=O) groups excluding carboxylic acids is 1.